The molecule has 148 valence electrons. The van der Waals surface area contributed by atoms with E-state index in [9.17, 15) is 9.59 Å². The van der Waals surface area contributed by atoms with Gasteiger partial charge >= 0.3 is 5.97 Å². The number of nitrogens with one attached hydrogen (secondary N) is 2. The molecule has 0 bridgehead atoms. The lowest BCUT2D eigenvalue weighted by atomic mass is 10.1. The average molecular weight is 398 g/mol. The Kier molecular flexibility index (Phi) is 5.34. The molecule has 0 radical (unpaired) electrons. The highest BCUT2D eigenvalue weighted by molar-refractivity contribution is 6.07. The summed E-state index contributed by atoms with van der Waals surface area (Å²) in [5.74, 6) is -0.969. The summed E-state index contributed by atoms with van der Waals surface area (Å²) in [6, 6.07) is 19.7. The maximum atomic E-state index is 12.7. The summed E-state index contributed by atoms with van der Waals surface area (Å²) < 4.78 is 4.76. The average Bonchev–Trinajstić information content (AvgIpc) is 2.79. The number of carbonyl (C=O) groups is 2. The predicted molar refractivity (Wildman–Crippen MR) is 115 cm³/mol. The minimum Gasteiger partial charge on any atom is -0.465 e. The van der Waals surface area contributed by atoms with Gasteiger partial charge in [-0.2, -0.15) is 0 Å². The number of nitrogens with zero attached hydrogens (tertiary/aromatic N) is 2. The second-order valence-corrected chi connectivity index (χ2v) is 6.43. The van der Waals surface area contributed by atoms with Crippen LogP contribution in [-0.4, -0.2) is 29.0 Å². The van der Waals surface area contributed by atoms with Crippen LogP contribution in [0.25, 0.3) is 10.9 Å². The number of fused-ring (bicyclic) bond motifs is 1. The zero-order valence-corrected chi connectivity index (χ0v) is 16.1. The van der Waals surface area contributed by atoms with Gasteiger partial charge < -0.3 is 15.4 Å². The van der Waals surface area contributed by atoms with E-state index in [1.807, 2.05) is 30.3 Å². The van der Waals surface area contributed by atoms with Gasteiger partial charge in [0, 0.05) is 23.5 Å². The fraction of sp³-hybridized carbons (Fsp3) is 0.0435. The smallest absolute Gasteiger partial charge is 0.339 e. The van der Waals surface area contributed by atoms with Crippen molar-refractivity contribution >= 4 is 39.8 Å². The minimum atomic E-state index is -0.530. The van der Waals surface area contributed by atoms with E-state index in [0.29, 0.717) is 11.4 Å². The van der Waals surface area contributed by atoms with E-state index < -0.39 is 11.9 Å². The number of anilines is 3. The van der Waals surface area contributed by atoms with Crippen LogP contribution in [0, 0.1) is 0 Å². The lowest BCUT2D eigenvalue weighted by molar-refractivity contribution is 0.0602. The van der Waals surface area contributed by atoms with Gasteiger partial charge in [-0.15, -0.1) is 0 Å². The van der Waals surface area contributed by atoms with Crippen LogP contribution in [0.2, 0.25) is 0 Å². The van der Waals surface area contributed by atoms with Gasteiger partial charge in [-0.05, 0) is 36.4 Å². The van der Waals surface area contributed by atoms with Gasteiger partial charge in [0.15, 0.2) is 0 Å². The summed E-state index contributed by atoms with van der Waals surface area (Å²) in [5, 5.41) is 7.02. The van der Waals surface area contributed by atoms with Gasteiger partial charge in [-0.3, -0.25) is 14.8 Å². The zero-order valence-electron chi connectivity index (χ0n) is 16.1. The molecular weight excluding hydrogens is 380 g/mol. The van der Waals surface area contributed by atoms with Crippen LogP contribution in [0.4, 0.5) is 17.1 Å². The molecule has 0 atom stereocenters. The maximum absolute atomic E-state index is 12.7. The van der Waals surface area contributed by atoms with E-state index in [0.717, 1.165) is 16.6 Å². The molecule has 2 heterocycles. The number of aromatic nitrogens is 2. The van der Waals surface area contributed by atoms with Gasteiger partial charge in [-0.1, -0.05) is 30.3 Å². The summed E-state index contributed by atoms with van der Waals surface area (Å²) in [6.45, 7) is 0. The number of para-hydroxylation sites is 2. The molecule has 0 aliphatic rings. The Labute approximate surface area is 172 Å². The second-order valence-electron chi connectivity index (χ2n) is 6.43. The van der Waals surface area contributed by atoms with E-state index in [1.165, 1.54) is 7.11 Å². The SMILES string of the molecule is COC(=O)c1ccccc1NC(=O)c1cc(Nc2cccc3cccnc23)ccn1. The monoisotopic (exact) mass is 398 g/mol. The number of esters is 1. The standard InChI is InChI=1S/C23H18N4O3/c1-30-23(29)17-8-2-3-9-18(17)27-22(28)20-14-16(11-13-24-20)26-19-10-4-6-15-7-5-12-25-21(15)19/h2-14H,1H3,(H,24,26)(H,27,28). The molecule has 0 saturated heterocycles. The van der Waals surface area contributed by atoms with E-state index in [4.69, 9.17) is 4.74 Å². The molecule has 0 aliphatic heterocycles. The third-order valence-electron chi connectivity index (χ3n) is 4.48. The molecule has 0 aliphatic carbocycles. The lowest BCUT2D eigenvalue weighted by Gasteiger charge is -2.11. The third-order valence-corrected chi connectivity index (χ3v) is 4.48. The number of rotatable bonds is 5. The normalized spacial score (nSPS) is 10.4. The largest absolute Gasteiger partial charge is 0.465 e. The number of amides is 1. The summed E-state index contributed by atoms with van der Waals surface area (Å²) in [6.07, 6.45) is 3.28. The van der Waals surface area contributed by atoms with Gasteiger partial charge in [0.2, 0.25) is 0 Å². The van der Waals surface area contributed by atoms with Gasteiger partial charge in [-0.25, -0.2) is 4.79 Å². The van der Waals surface area contributed by atoms with Gasteiger partial charge in [0.05, 0.1) is 29.6 Å². The molecule has 0 saturated carbocycles. The predicted octanol–water partition coefficient (Wildman–Crippen LogP) is 4.41. The Morgan fingerprint density at radius 2 is 1.67 bits per heavy atom. The Hall–Kier alpha value is -4.26. The van der Waals surface area contributed by atoms with E-state index in [-0.39, 0.29) is 11.3 Å². The van der Waals surface area contributed by atoms with Crippen molar-refractivity contribution in [1.29, 1.82) is 0 Å². The summed E-state index contributed by atoms with van der Waals surface area (Å²) in [5.41, 5.74) is 3.16. The molecule has 2 N–H and O–H groups in total. The molecule has 7 nitrogen and oxygen atoms in total. The zero-order chi connectivity index (χ0) is 20.9. The van der Waals surface area contributed by atoms with Crippen LogP contribution in [0.3, 0.4) is 0 Å². The number of hydrogen-bond donors (Lipinski definition) is 2. The van der Waals surface area contributed by atoms with Crippen molar-refractivity contribution in [2.45, 2.75) is 0 Å². The number of benzene rings is 2. The van der Waals surface area contributed by atoms with Crippen LogP contribution >= 0.6 is 0 Å². The van der Waals surface area contributed by atoms with E-state index in [2.05, 4.69) is 20.6 Å². The lowest BCUT2D eigenvalue weighted by Crippen LogP contribution is -2.16. The number of hydrogen-bond acceptors (Lipinski definition) is 6. The van der Waals surface area contributed by atoms with Crippen molar-refractivity contribution in [3.8, 4) is 0 Å². The molecule has 0 fully saturated rings. The summed E-state index contributed by atoms with van der Waals surface area (Å²) in [7, 11) is 1.29. The molecule has 2 aromatic carbocycles. The van der Waals surface area contributed by atoms with Crippen LogP contribution in [-0.2, 0) is 4.74 Å². The highest BCUT2D eigenvalue weighted by Gasteiger charge is 2.15. The number of methoxy groups -OCH3 is 1. The molecule has 0 spiro atoms. The molecule has 7 heteroatoms. The molecule has 0 unspecified atom stereocenters. The first-order valence-corrected chi connectivity index (χ1v) is 9.21. The Balaban J connectivity index is 1.58. The quantitative estimate of drug-likeness (QED) is 0.484. The highest BCUT2D eigenvalue weighted by atomic mass is 16.5. The first-order valence-electron chi connectivity index (χ1n) is 9.21. The van der Waals surface area contributed by atoms with Crippen molar-refractivity contribution in [2.75, 3.05) is 17.7 Å². The minimum absolute atomic E-state index is 0.202. The van der Waals surface area contributed by atoms with E-state index in [1.54, 1.807) is 48.8 Å². The van der Waals surface area contributed by atoms with E-state index >= 15 is 0 Å². The first kappa shape index (κ1) is 19.1. The Morgan fingerprint density at radius 3 is 2.53 bits per heavy atom. The Morgan fingerprint density at radius 1 is 0.867 bits per heavy atom. The third kappa shape index (κ3) is 3.95. The summed E-state index contributed by atoms with van der Waals surface area (Å²) >= 11 is 0. The first-order chi connectivity index (χ1) is 14.7. The number of carbonyl (C=O) groups excluding carboxylic acids is 2. The molecule has 4 aromatic rings. The number of pyridine rings is 2. The van der Waals surface area contributed by atoms with Crippen LogP contribution in [0.15, 0.2) is 79.1 Å². The van der Waals surface area contributed by atoms with Crippen molar-refractivity contribution in [1.82, 2.24) is 9.97 Å². The highest BCUT2D eigenvalue weighted by Crippen LogP contribution is 2.25. The summed E-state index contributed by atoms with van der Waals surface area (Å²) in [4.78, 5) is 33.2. The van der Waals surface area contributed by atoms with Gasteiger partial charge in [0.1, 0.15) is 5.69 Å². The van der Waals surface area contributed by atoms with Crippen molar-refractivity contribution in [3.05, 3.63) is 90.4 Å². The van der Waals surface area contributed by atoms with Crippen LogP contribution < -0.4 is 10.6 Å². The number of ether oxygens (including phenoxy) is 1. The van der Waals surface area contributed by atoms with Crippen LogP contribution in [0.5, 0.6) is 0 Å². The van der Waals surface area contributed by atoms with Crippen molar-refractivity contribution in [2.24, 2.45) is 0 Å². The molecular formula is C23H18N4O3. The topological polar surface area (TPSA) is 93.2 Å². The Bertz CT molecular complexity index is 1230. The maximum Gasteiger partial charge on any atom is 0.339 e. The molecule has 2 aromatic heterocycles. The fourth-order valence-electron chi connectivity index (χ4n) is 3.06. The van der Waals surface area contributed by atoms with Crippen LogP contribution in [0.1, 0.15) is 20.8 Å². The molecule has 30 heavy (non-hydrogen) atoms. The molecule has 4 rings (SSSR count). The van der Waals surface area contributed by atoms with Crippen molar-refractivity contribution < 1.29 is 14.3 Å². The fourth-order valence-corrected chi connectivity index (χ4v) is 3.06. The molecule has 1 amide bonds. The van der Waals surface area contributed by atoms with Gasteiger partial charge in [0.25, 0.3) is 5.91 Å². The van der Waals surface area contributed by atoms with Crippen molar-refractivity contribution in [3.63, 3.8) is 0 Å². The second kappa shape index (κ2) is 8.40.